The Morgan fingerprint density at radius 1 is 1.00 bits per heavy atom. The van der Waals surface area contributed by atoms with Crippen molar-refractivity contribution in [3.8, 4) is 0 Å². The van der Waals surface area contributed by atoms with Crippen LogP contribution in [-0.4, -0.2) is 0 Å². The van der Waals surface area contributed by atoms with Gasteiger partial charge in [-0.15, -0.1) is 0 Å². The first kappa shape index (κ1) is 11.6. The van der Waals surface area contributed by atoms with Crippen molar-refractivity contribution >= 4 is 0 Å². The Morgan fingerprint density at radius 2 is 1.76 bits per heavy atom. The van der Waals surface area contributed by atoms with E-state index < -0.39 is 0 Å². The highest BCUT2D eigenvalue weighted by atomic mass is 14.5. The van der Waals surface area contributed by atoms with E-state index in [-0.39, 0.29) is 0 Å². The van der Waals surface area contributed by atoms with E-state index in [0.717, 1.165) is 29.6 Å². The molecule has 3 saturated carbocycles. The normalized spacial score (nSPS) is 46.3. The van der Waals surface area contributed by atoms with E-state index in [1.165, 1.54) is 56.1 Å². The van der Waals surface area contributed by atoms with Crippen molar-refractivity contribution in [3.05, 3.63) is 24.3 Å². The van der Waals surface area contributed by atoms with Crippen LogP contribution < -0.4 is 0 Å². The van der Waals surface area contributed by atoms with Crippen molar-refractivity contribution in [2.24, 2.45) is 29.6 Å². The van der Waals surface area contributed by atoms with E-state index in [4.69, 9.17) is 0 Å². The van der Waals surface area contributed by atoms with Gasteiger partial charge in [0.1, 0.15) is 0 Å². The van der Waals surface area contributed by atoms with Crippen molar-refractivity contribution in [1.82, 2.24) is 0 Å². The molecule has 0 aromatic carbocycles. The molecule has 5 unspecified atom stereocenters. The van der Waals surface area contributed by atoms with Crippen LogP contribution in [0.25, 0.3) is 0 Å². The van der Waals surface area contributed by atoms with Gasteiger partial charge in [-0.2, -0.15) is 0 Å². The molecule has 17 heavy (non-hydrogen) atoms. The third-order valence-corrected chi connectivity index (χ3v) is 6.07. The van der Waals surface area contributed by atoms with E-state index in [1.807, 2.05) is 0 Å². The maximum Gasteiger partial charge on any atom is -0.0131 e. The Kier molecular flexibility index (Phi) is 2.92. The minimum atomic E-state index is 0.783. The molecular formula is C17H26. The second-order valence-electron chi connectivity index (χ2n) is 6.74. The van der Waals surface area contributed by atoms with Gasteiger partial charge >= 0.3 is 0 Å². The molecule has 0 heterocycles. The zero-order valence-corrected chi connectivity index (χ0v) is 11.3. The molecule has 94 valence electrons. The fraction of sp³-hybridized carbons (Fsp3) is 0.765. The molecule has 0 radical (unpaired) electrons. The summed E-state index contributed by atoms with van der Waals surface area (Å²) >= 11 is 0. The molecule has 0 aliphatic heterocycles. The van der Waals surface area contributed by atoms with Gasteiger partial charge in [-0.1, -0.05) is 44.9 Å². The van der Waals surface area contributed by atoms with Crippen LogP contribution in [0.3, 0.4) is 0 Å². The minimum Gasteiger partial charge on any atom is -0.0956 e. The number of fused-ring (bicyclic) bond motifs is 2. The van der Waals surface area contributed by atoms with Crippen molar-refractivity contribution in [2.75, 3.05) is 0 Å². The van der Waals surface area contributed by atoms with Crippen LogP contribution in [-0.2, 0) is 0 Å². The summed E-state index contributed by atoms with van der Waals surface area (Å²) in [5, 5.41) is 0. The first-order valence-corrected chi connectivity index (χ1v) is 7.55. The summed E-state index contributed by atoms with van der Waals surface area (Å²) in [6, 6.07) is 0. The summed E-state index contributed by atoms with van der Waals surface area (Å²) in [6.07, 6.45) is 9.96. The topological polar surface area (TPSA) is 0 Å². The summed E-state index contributed by atoms with van der Waals surface area (Å²) < 4.78 is 0. The Bertz CT molecular complexity index is 338. The van der Waals surface area contributed by atoms with Crippen molar-refractivity contribution in [1.29, 1.82) is 0 Å². The number of allylic oxidation sites excluding steroid dienone is 2. The van der Waals surface area contributed by atoms with Gasteiger partial charge in [0.05, 0.1) is 0 Å². The van der Waals surface area contributed by atoms with Gasteiger partial charge in [0.2, 0.25) is 0 Å². The number of rotatable bonds is 0. The van der Waals surface area contributed by atoms with Gasteiger partial charge in [-0.3, -0.25) is 0 Å². The molecule has 3 aliphatic carbocycles. The average molecular weight is 230 g/mol. The zero-order valence-electron chi connectivity index (χ0n) is 11.3. The molecule has 0 heteroatoms. The van der Waals surface area contributed by atoms with Crippen molar-refractivity contribution in [2.45, 2.75) is 51.9 Å². The molecule has 3 aliphatic rings. The SMILES string of the molecule is C=C1CCC2C(CC3CCCCC3C2C)C1=C. The average Bonchev–Trinajstić information content (AvgIpc) is 2.35. The Balaban J connectivity index is 1.84. The lowest BCUT2D eigenvalue weighted by atomic mass is 9.54. The van der Waals surface area contributed by atoms with Gasteiger partial charge in [-0.05, 0) is 60.8 Å². The quantitative estimate of drug-likeness (QED) is 0.551. The fourth-order valence-electron chi connectivity index (χ4n) is 5.03. The maximum atomic E-state index is 4.35. The fourth-order valence-corrected chi connectivity index (χ4v) is 5.03. The molecule has 0 spiro atoms. The zero-order chi connectivity index (χ0) is 12.0. The molecule has 0 aromatic heterocycles. The van der Waals surface area contributed by atoms with Gasteiger partial charge in [0, 0.05) is 0 Å². The second-order valence-corrected chi connectivity index (χ2v) is 6.74. The third kappa shape index (κ3) is 1.80. The van der Waals surface area contributed by atoms with Gasteiger partial charge in [-0.25, -0.2) is 0 Å². The van der Waals surface area contributed by atoms with Crippen LogP contribution in [0.5, 0.6) is 0 Å². The molecule has 0 nitrogen and oxygen atoms in total. The highest BCUT2D eigenvalue weighted by Gasteiger charge is 2.45. The lowest BCUT2D eigenvalue weighted by molar-refractivity contribution is 0.0244. The van der Waals surface area contributed by atoms with E-state index in [9.17, 15) is 0 Å². The Hall–Kier alpha value is -0.520. The number of hydrogen-bond donors (Lipinski definition) is 0. The summed E-state index contributed by atoms with van der Waals surface area (Å²) in [4.78, 5) is 0. The van der Waals surface area contributed by atoms with Crippen LogP contribution >= 0.6 is 0 Å². The molecule has 0 aromatic rings. The Morgan fingerprint density at radius 3 is 2.59 bits per heavy atom. The van der Waals surface area contributed by atoms with Gasteiger partial charge in [0.25, 0.3) is 0 Å². The smallest absolute Gasteiger partial charge is 0.0131 e. The van der Waals surface area contributed by atoms with Crippen LogP contribution in [0.2, 0.25) is 0 Å². The molecule has 5 atom stereocenters. The van der Waals surface area contributed by atoms with E-state index >= 15 is 0 Å². The first-order valence-electron chi connectivity index (χ1n) is 7.55. The van der Waals surface area contributed by atoms with E-state index in [0.29, 0.717) is 0 Å². The van der Waals surface area contributed by atoms with Gasteiger partial charge in [0.15, 0.2) is 0 Å². The van der Waals surface area contributed by atoms with Gasteiger partial charge < -0.3 is 0 Å². The lowest BCUT2D eigenvalue weighted by Crippen LogP contribution is -2.42. The summed E-state index contributed by atoms with van der Waals surface area (Å²) in [5.41, 5.74) is 2.77. The predicted octanol–water partition coefficient (Wildman–Crippen LogP) is 4.97. The number of hydrogen-bond acceptors (Lipinski definition) is 0. The summed E-state index contributed by atoms with van der Waals surface area (Å²) in [7, 11) is 0. The largest absolute Gasteiger partial charge is 0.0956 e. The highest BCUT2D eigenvalue weighted by molar-refractivity contribution is 5.32. The molecule has 0 saturated heterocycles. The molecule has 0 N–H and O–H groups in total. The standard InChI is InChI=1S/C17H26/c1-11-8-9-16-13(3)15-7-5-4-6-14(15)10-17(16)12(11)2/h13-17H,1-2,4-10H2,3H3. The minimum absolute atomic E-state index is 0.783. The first-order chi connectivity index (χ1) is 8.18. The molecule has 0 bridgehead atoms. The molecular weight excluding hydrogens is 204 g/mol. The summed E-state index contributed by atoms with van der Waals surface area (Å²) in [6.45, 7) is 11.1. The third-order valence-electron chi connectivity index (χ3n) is 6.07. The molecule has 3 fully saturated rings. The Labute approximate surface area is 106 Å². The summed E-state index contributed by atoms with van der Waals surface area (Å²) in [5.74, 6) is 4.67. The van der Waals surface area contributed by atoms with E-state index in [1.54, 1.807) is 0 Å². The highest BCUT2D eigenvalue weighted by Crippen LogP contribution is 2.54. The molecule has 0 amide bonds. The van der Waals surface area contributed by atoms with Crippen molar-refractivity contribution in [3.63, 3.8) is 0 Å². The monoisotopic (exact) mass is 230 g/mol. The van der Waals surface area contributed by atoms with E-state index in [2.05, 4.69) is 20.1 Å². The van der Waals surface area contributed by atoms with Crippen LogP contribution in [0, 0.1) is 29.6 Å². The van der Waals surface area contributed by atoms with Crippen LogP contribution in [0.1, 0.15) is 51.9 Å². The maximum absolute atomic E-state index is 4.35. The van der Waals surface area contributed by atoms with Crippen molar-refractivity contribution < 1.29 is 0 Å². The van der Waals surface area contributed by atoms with Crippen LogP contribution in [0.4, 0.5) is 0 Å². The predicted molar refractivity (Wildman–Crippen MR) is 73.7 cm³/mol. The molecule has 3 rings (SSSR count). The van der Waals surface area contributed by atoms with Crippen LogP contribution in [0.15, 0.2) is 24.3 Å². The lowest BCUT2D eigenvalue weighted by Gasteiger charge is -2.51. The second kappa shape index (κ2) is 4.30.